The number of halogens is 1. The van der Waals surface area contributed by atoms with Crippen molar-refractivity contribution < 1.29 is 9.18 Å². The molecular formula is C17H15FN2OS. The van der Waals surface area contributed by atoms with Crippen LogP contribution in [0.25, 0.3) is 0 Å². The second kappa shape index (κ2) is 8.20. The van der Waals surface area contributed by atoms with Crippen molar-refractivity contribution in [2.75, 3.05) is 11.1 Å². The highest BCUT2D eigenvalue weighted by atomic mass is 32.2. The lowest BCUT2D eigenvalue weighted by Gasteiger charge is -2.06. The van der Waals surface area contributed by atoms with Crippen LogP contribution >= 0.6 is 11.8 Å². The van der Waals surface area contributed by atoms with Crippen LogP contribution in [0.5, 0.6) is 0 Å². The molecule has 1 N–H and O–H groups in total. The first-order chi connectivity index (χ1) is 10.7. The van der Waals surface area contributed by atoms with Crippen LogP contribution in [0.1, 0.15) is 12.0 Å². The SMILES string of the molecule is N#CCc1ccc(NC(=O)CCSc2ccc(F)cc2)cc1. The van der Waals surface area contributed by atoms with Gasteiger partial charge in [-0.15, -0.1) is 11.8 Å². The summed E-state index contributed by atoms with van der Waals surface area (Å²) in [7, 11) is 0. The standard InChI is InChI=1S/C17H15FN2OS/c18-14-3-7-16(8-4-14)22-12-10-17(21)20-15-5-1-13(2-6-15)9-11-19/h1-8H,9-10,12H2,(H,20,21). The average Bonchev–Trinajstić information content (AvgIpc) is 2.51. The van der Waals surface area contributed by atoms with Crippen LogP contribution in [0.4, 0.5) is 10.1 Å². The summed E-state index contributed by atoms with van der Waals surface area (Å²) in [5, 5.41) is 11.4. The highest BCUT2D eigenvalue weighted by Gasteiger charge is 2.03. The number of rotatable bonds is 6. The van der Waals surface area contributed by atoms with Crippen LogP contribution in [0.2, 0.25) is 0 Å². The van der Waals surface area contributed by atoms with E-state index in [-0.39, 0.29) is 11.7 Å². The second-order valence-electron chi connectivity index (χ2n) is 4.63. The van der Waals surface area contributed by atoms with Gasteiger partial charge in [0.2, 0.25) is 5.91 Å². The van der Waals surface area contributed by atoms with Crippen molar-refractivity contribution >= 4 is 23.4 Å². The maximum Gasteiger partial charge on any atom is 0.225 e. The molecule has 0 aliphatic carbocycles. The summed E-state index contributed by atoms with van der Waals surface area (Å²) in [5.74, 6) is 0.300. The number of carbonyl (C=O) groups is 1. The lowest BCUT2D eigenvalue weighted by molar-refractivity contribution is -0.115. The highest BCUT2D eigenvalue weighted by molar-refractivity contribution is 7.99. The highest BCUT2D eigenvalue weighted by Crippen LogP contribution is 2.19. The molecule has 22 heavy (non-hydrogen) atoms. The lowest BCUT2D eigenvalue weighted by Crippen LogP contribution is -2.12. The van der Waals surface area contributed by atoms with E-state index in [0.29, 0.717) is 18.6 Å². The molecule has 0 atom stereocenters. The Kier molecular flexibility index (Phi) is 5.99. The third-order valence-corrected chi connectivity index (χ3v) is 3.95. The number of thioether (sulfide) groups is 1. The minimum Gasteiger partial charge on any atom is -0.326 e. The third kappa shape index (κ3) is 5.23. The van der Waals surface area contributed by atoms with Crippen LogP contribution < -0.4 is 5.32 Å². The molecule has 0 aliphatic heterocycles. The van der Waals surface area contributed by atoms with E-state index < -0.39 is 0 Å². The van der Waals surface area contributed by atoms with Crippen LogP contribution in [0, 0.1) is 17.1 Å². The Hall–Kier alpha value is -2.32. The Balaban J connectivity index is 1.75. The van der Waals surface area contributed by atoms with Crippen molar-refractivity contribution in [3.63, 3.8) is 0 Å². The Morgan fingerprint density at radius 2 is 1.82 bits per heavy atom. The predicted molar refractivity (Wildman–Crippen MR) is 86.1 cm³/mol. The molecule has 0 fully saturated rings. The Morgan fingerprint density at radius 1 is 1.14 bits per heavy atom. The summed E-state index contributed by atoms with van der Waals surface area (Å²) < 4.78 is 12.8. The van der Waals surface area contributed by atoms with Crippen molar-refractivity contribution in [3.05, 3.63) is 59.9 Å². The molecule has 2 aromatic rings. The molecule has 1 amide bonds. The molecule has 0 spiro atoms. The summed E-state index contributed by atoms with van der Waals surface area (Å²) in [6.07, 6.45) is 0.741. The second-order valence-corrected chi connectivity index (χ2v) is 5.80. The van der Waals surface area contributed by atoms with E-state index in [4.69, 9.17) is 5.26 Å². The van der Waals surface area contributed by atoms with Gasteiger partial charge in [0.1, 0.15) is 5.82 Å². The van der Waals surface area contributed by atoms with Gasteiger partial charge in [0.05, 0.1) is 12.5 Å². The number of benzene rings is 2. The third-order valence-electron chi connectivity index (χ3n) is 2.93. The van der Waals surface area contributed by atoms with E-state index >= 15 is 0 Å². The molecule has 0 bridgehead atoms. The molecule has 0 unspecified atom stereocenters. The summed E-state index contributed by atoms with van der Waals surface area (Å²) in [6, 6.07) is 15.5. The molecule has 5 heteroatoms. The number of anilines is 1. The van der Waals surface area contributed by atoms with Crippen molar-refractivity contribution in [1.29, 1.82) is 5.26 Å². The van der Waals surface area contributed by atoms with Crippen LogP contribution in [0.15, 0.2) is 53.4 Å². The largest absolute Gasteiger partial charge is 0.326 e. The van der Waals surface area contributed by atoms with Crippen LogP contribution in [0.3, 0.4) is 0 Å². The fourth-order valence-electron chi connectivity index (χ4n) is 1.81. The van der Waals surface area contributed by atoms with Gasteiger partial charge in [-0.3, -0.25) is 4.79 Å². The summed E-state index contributed by atoms with van der Waals surface area (Å²) in [4.78, 5) is 12.8. The summed E-state index contributed by atoms with van der Waals surface area (Å²) >= 11 is 1.51. The predicted octanol–water partition coefficient (Wildman–Crippen LogP) is 4.01. The quantitative estimate of drug-likeness (QED) is 0.820. The van der Waals surface area contributed by atoms with E-state index in [9.17, 15) is 9.18 Å². The molecule has 0 saturated heterocycles. The molecule has 2 rings (SSSR count). The lowest BCUT2D eigenvalue weighted by atomic mass is 10.1. The van der Waals surface area contributed by atoms with Gasteiger partial charge in [-0.25, -0.2) is 4.39 Å². The van der Waals surface area contributed by atoms with Crippen molar-refractivity contribution in [1.82, 2.24) is 0 Å². The average molecular weight is 314 g/mol. The molecule has 2 aromatic carbocycles. The minimum atomic E-state index is -0.262. The fraction of sp³-hybridized carbons (Fsp3) is 0.176. The molecule has 0 aliphatic rings. The molecule has 3 nitrogen and oxygen atoms in total. The zero-order valence-electron chi connectivity index (χ0n) is 11.9. The van der Waals surface area contributed by atoms with Gasteiger partial charge in [0, 0.05) is 22.8 Å². The van der Waals surface area contributed by atoms with Gasteiger partial charge in [-0.1, -0.05) is 12.1 Å². The van der Waals surface area contributed by atoms with E-state index in [1.165, 1.54) is 23.9 Å². The first-order valence-electron chi connectivity index (χ1n) is 6.81. The van der Waals surface area contributed by atoms with Crippen molar-refractivity contribution in [2.45, 2.75) is 17.7 Å². The van der Waals surface area contributed by atoms with Gasteiger partial charge < -0.3 is 5.32 Å². The maximum absolute atomic E-state index is 12.8. The van der Waals surface area contributed by atoms with Crippen LogP contribution in [-0.4, -0.2) is 11.7 Å². The van der Waals surface area contributed by atoms with Gasteiger partial charge in [0.25, 0.3) is 0 Å². The number of nitrogens with zero attached hydrogens (tertiary/aromatic N) is 1. The number of hydrogen-bond acceptors (Lipinski definition) is 3. The zero-order valence-corrected chi connectivity index (χ0v) is 12.7. The number of carbonyl (C=O) groups excluding carboxylic acids is 1. The zero-order chi connectivity index (χ0) is 15.8. The fourth-order valence-corrected chi connectivity index (χ4v) is 2.66. The van der Waals surface area contributed by atoms with E-state index in [2.05, 4.69) is 11.4 Å². The van der Waals surface area contributed by atoms with Gasteiger partial charge in [-0.05, 0) is 42.0 Å². The number of nitriles is 1. The first-order valence-corrected chi connectivity index (χ1v) is 7.80. The molecular weight excluding hydrogens is 299 g/mol. The molecule has 0 aromatic heterocycles. The molecule has 112 valence electrons. The normalized spacial score (nSPS) is 10.0. The van der Waals surface area contributed by atoms with Crippen LogP contribution in [-0.2, 0) is 11.2 Å². The van der Waals surface area contributed by atoms with Crippen molar-refractivity contribution in [3.8, 4) is 6.07 Å². The minimum absolute atomic E-state index is 0.0670. The smallest absolute Gasteiger partial charge is 0.225 e. The topological polar surface area (TPSA) is 52.9 Å². The Morgan fingerprint density at radius 3 is 2.45 bits per heavy atom. The van der Waals surface area contributed by atoms with Gasteiger partial charge in [-0.2, -0.15) is 5.26 Å². The number of hydrogen-bond donors (Lipinski definition) is 1. The monoisotopic (exact) mass is 314 g/mol. The van der Waals surface area contributed by atoms with Gasteiger partial charge >= 0.3 is 0 Å². The Labute approximate surface area is 133 Å². The van der Waals surface area contributed by atoms with Crippen molar-refractivity contribution in [2.24, 2.45) is 0 Å². The number of amides is 1. The number of nitrogens with one attached hydrogen (secondary N) is 1. The summed E-state index contributed by atoms with van der Waals surface area (Å²) in [6.45, 7) is 0. The molecule has 0 saturated carbocycles. The van der Waals surface area contributed by atoms with E-state index in [0.717, 1.165) is 16.1 Å². The molecule has 0 radical (unpaired) electrons. The van der Waals surface area contributed by atoms with E-state index in [1.807, 2.05) is 12.1 Å². The summed E-state index contributed by atoms with van der Waals surface area (Å²) in [5.41, 5.74) is 1.64. The molecule has 0 heterocycles. The van der Waals surface area contributed by atoms with Gasteiger partial charge in [0.15, 0.2) is 0 Å². The first kappa shape index (κ1) is 16.1. The maximum atomic E-state index is 12.8. The Bertz CT molecular complexity index is 663. The van der Waals surface area contributed by atoms with E-state index in [1.54, 1.807) is 24.3 Å².